The Balaban J connectivity index is 2.26. The maximum absolute atomic E-state index is 13.7. The second-order valence-corrected chi connectivity index (χ2v) is 5.76. The van der Waals surface area contributed by atoms with E-state index < -0.39 is 17.6 Å². The summed E-state index contributed by atoms with van der Waals surface area (Å²) in [6.45, 7) is 1.25. The number of nitriles is 1. The molecule has 26 heavy (non-hydrogen) atoms. The number of methoxy groups -OCH3 is 1. The summed E-state index contributed by atoms with van der Waals surface area (Å²) < 4.78 is 19.2. The zero-order valence-electron chi connectivity index (χ0n) is 14.2. The molecule has 1 aliphatic heterocycles. The number of imide groups is 1. The van der Waals surface area contributed by atoms with Gasteiger partial charge in [0.25, 0.3) is 5.91 Å². The molecule has 1 heterocycles. The Bertz CT molecular complexity index is 989. The monoisotopic (exact) mass is 350 g/mol. The Kier molecular flexibility index (Phi) is 4.55. The summed E-state index contributed by atoms with van der Waals surface area (Å²) in [4.78, 5) is 25.8. The van der Waals surface area contributed by atoms with Crippen molar-refractivity contribution in [2.75, 3.05) is 12.0 Å². The van der Waals surface area contributed by atoms with E-state index >= 15 is 0 Å². The van der Waals surface area contributed by atoms with Gasteiger partial charge in [-0.15, -0.1) is 0 Å². The number of carbonyl (C=O) groups excluding carboxylic acids is 2. The van der Waals surface area contributed by atoms with E-state index in [0.29, 0.717) is 11.1 Å². The molecule has 2 amide bonds. The fourth-order valence-corrected chi connectivity index (χ4v) is 3.05. The lowest BCUT2D eigenvalue weighted by atomic mass is 10.00. The molecule has 0 atom stereocenters. The summed E-state index contributed by atoms with van der Waals surface area (Å²) in [5, 5.41) is 8.88. The van der Waals surface area contributed by atoms with E-state index in [2.05, 4.69) is 6.07 Å². The molecule has 5 nitrogen and oxygen atoms in total. The van der Waals surface area contributed by atoms with Gasteiger partial charge >= 0.3 is 0 Å². The molecule has 0 aromatic heterocycles. The zero-order valence-corrected chi connectivity index (χ0v) is 14.2. The van der Waals surface area contributed by atoms with Crippen LogP contribution in [0.25, 0.3) is 11.3 Å². The van der Waals surface area contributed by atoms with Crippen molar-refractivity contribution in [3.63, 3.8) is 0 Å². The van der Waals surface area contributed by atoms with E-state index in [4.69, 9.17) is 10.00 Å². The van der Waals surface area contributed by atoms with Gasteiger partial charge in [0, 0.05) is 18.1 Å². The van der Waals surface area contributed by atoms with E-state index in [0.717, 1.165) is 16.5 Å². The first-order valence-electron chi connectivity index (χ1n) is 7.87. The molecule has 2 aromatic rings. The maximum atomic E-state index is 13.7. The lowest BCUT2D eigenvalue weighted by Gasteiger charge is -2.13. The molecular formula is C20H15FN2O3. The Morgan fingerprint density at radius 3 is 2.69 bits per heavy atom. The van der Waals surface area contributed by atoms with Crippen LogP contribution in [0.2, 0.25) is 0 Å². The van der Waals surface area contributed by atoms with Gasteiger partial charge in [-0.2, -0.15) is 5.26 Å². The van der Waals surface area contributed by atoms with Crippen molar-refractivity contribution in [3.8, 4) is 6.07 Å². The summed E-state index contributed by atoms with van der Waals surface area (Å²) >= 11 is 0. The van der Waals surface area contributed by atoms with Gasteiger partial charge in [0.15, 0.2) is 0 Å². The van der Waals surface area contributed by atoms with Crippen molar-refractivity contribution < 1.29 is 18.7 Å². The topological polar surface area (TPSA) is 70.4 Å². The lowest BCUT2D eigenvalue weighted by molar-refractivity contribution is -0.122. The molecule has 130 valence electrons. The van der Waals surface area contributed by atoms with E-state index in [1.807, 2.05) is 0 Å². The molecular weight excluding hydrogens is 335 g/mol. The van der Waals surface area contributed by atoms with Gasteiger partial charge in [0.1, 0.15) is 11.6 Å². The number of nitrogens with zero attached hydrogens (tertiary/aromatic N) is 2. The molecule has 0 aliphatic carbocycles. The van der Waals surface area contributed by atoms with Crippen molar-refractivity contribution >= 4 is 28.8 Å². The second-order valence-electron chi connectivity index (χ2n) is 5.76. The molecule has 0 saturated carbocycles. The van der Waals surface area contributed by atoms with Crippen LogP contribution in [0.1, 0.15) is 23.6 Å². The second kappa shape index (κ2) is 6.81. The van der Waals surface area contributed by atoms with Crippen LogP contribution in [0.15, 0.2) is 42.5 Å². The Morgan fingerprint density at radius 1 is 1.27 bits per heavy atom. The van der Waals surface area contributed by atoms with E-state index in [1.54, 1.807) is 24.3 Å². The minimum Gasteiger partial charge on any atom is -0.495 e. The van der Waals surface area contributed by atoms with Crippen LogP contribution in [0.5, 0.6) is 0 Å². The summed E-state index contributed by atoms with van der Waals surface area (Å²) in [5.74, 6) is -1.35. The van der Waals surface area contributed by atoms with E-state index in [9.17, 15) is 14.0 Å². The number of hydrogen-bond acceptors (Lipinski definition) is 4. The normalized spacial score (nSPS) is 14.7. The predicted octanol–water partition coefficient (Wildman–Crippen LogP) is 3.30. The van der Waals surface area contributed by atoms with Crippen LogP contribution in [0, 0.1) is 17.1 Å². The largest absolute Gasteiger partial charge is 0.495 e. The van der Waals surface area contributed by atoms with Gasteiger partial charge in [-0.25, -0.2) is 9.29 Å². The number of carbonyl (C=O) groups is 2. The Labute approximate surface area is 149 Å². The zero-order chi connectivity index (χ0) is 18.8. The standard InChI is InChI=1S/C20H15FN2O3/c1-12(24)23-17-11-15(21)6-7-16(17)18(20(23)25)19(26-2)14-5-3-4-13(10-14)8-9-22/h3-7,10-11H,8H2,1-2H3. The summed E-state index contributed by atoms with van der Waals surface area (Å²) in [6.07, 6.45) is 0.218. The third kappa shape index (κ3) is 2.84. The summed E-state index contributed by atoms with van der Waals surface area (Å²) in [5.41, 5.74) is 2.18. The molecule has 0 bridgehead atoms. The number of halogens is 1. The van der Waals surface area contributed by atoms with E-state index in [1.165, 1.54) is 26.2 Å². The summed E-state index contributed by atoms with van der Waals surface area (Å²) in [7, 11) is 1.42. The van der Waals surface area contributed by atoms with Crippen LogP contribution >= 0.6 is 0 Å². The van der Waals surface area contributed by atoms with Crippen LogP contribution in [-0.2, 0) is 20.7 Å². The Morgan fingerprint density at radius 2 is 2.04 bits per heavy atom. The smallest absolute Gasteiger partial charge is 0.269 e. The third-order valence-corrected chi connectivity index (χ3v) is 4.11. The average molecular weight is 350 g/mol. The average Bonchev–Trinajstić information content (AvgIpc) is 2.88. The van der Waals surface area contributed by atoms with Crippen LogP contribution in [-0.4, -0.2) is 18.9 Å². The molecule has 3 rings (SSSR count). The highest BCUT2D eigenvalue weighted by Gasteiger charge is 2.38. The van der Waals surface area contributed by atoms with Crippen LogP contribution < -0.4 is 4.90 Å². The number of fused-ring (bicyclic) bond motifs is 1. The number of rotatable bonds is 3. The highest BCUT2D eigenvalue weighted by molar-refractivity contribution is 6.42. The van der Waals surface area contributed by atoms with Crippen molar-refractivity contribution in [2.24, 2.45) is 0 Å². The molecule has 2 aromatic carbocycles. The van der Waals surface area contributed by atoms with Gasteiger partial charge in [-0.1, -0.05) is 18.2 Å². The molecule has 0 saturated heterocycles. The molecule has 1 aliphatic rings. The first-order chi connectivity index (χ1) is 12.5. The lowest BCUT2D eigenvalue weighted by Crippen LogP contribution is -2.31. The van der Waals surface area contributed by atoms with Crippen molar-refractivity contribution in [2.45, 2.75) is 13.3 Å². The SMILES string of the molecule is COC(=C1C(=O)N(C(C)=O)c2cc(F)ccc21)c1cccc(CC#N)c1. The quantitative estimate of drug-likeness (QED) is 0.629. The third-order valence-electron chi connectivity index (χ3n) is 4.11. The fraction of sp³-hybridized carbons (Fsp3) is 0.150. The van der Waals surface area contributed by atoms with Crippen molar-refractivity contribution in [3.05, 3.63) is 65.0 Å². The van der Waals surface area contributed by atoms with Gasteiger partial charge in [0.2, 0.25) is 5.91 Å². The minimum absolute atomic E-state index is 0.187. The molecule has 0 spiro atoms. The molecule has 0 N–H and O–H groups in total. The van der Waals surface area contributed by atoms with E-state index in [-0.39, 0.29) is 23.4 Å². The first kappa shape index (κ1) is 17.4. The maximum Gasteiger partial charge on any atom is 0.269 e. The highest BCUT2D eigenvalue weighted by atomic mass is 19.1. The molecule has 0 fully saturated rings. The number of ether oxygens (including phenoxy) is 1. The number of anilines is 1. The van der Waals surface area contributed by atoms with Gasteiger partial charge in [-0.05, 0) is 29.8 Å². The number of benzene rings is 2. The summed E-state index contributed by atoms with van der Waals surface area (Å²) in [6, 6.07) is 13.0. The Hall–Kier alpha value is -3.46. The predicted molar refractivity (Wildman–Crippen MR) is 94.1 cm³/mol. The fourth-order valence-electron chi connectivity index (χ4n) is 3.05. The van der Waals surface area contributed by atoms with Crippen LogP contribution in [0.4, 0.5) is 10.1 Å². The van der Waals surface area contributed by atoms with Crippen molar-refractivity contribution in [1.29, 1.82) is 5.26 Å². The highest BCUT2D eigenvalue weighted by Crippen LogP contribution is 2.41. The van der Waals surface area contributed by atoms with Crippen LogP contribution in [0.3, 0.4) is 0 Å². The molecule has 6 heteroatoms. The molecule has 0 radical (unpaired) electrons. The first-order valence-corrected chi connectivity index (χ1v) is 7.87. The minimum atomic E-state index is -0.569. The van der Waals surface area contributed by atoms with Gasteiger partial charge in [-0.3, -0.25) is 9.59 Å². The van der Waals surface area contributed by atoms with Crippen molar-refractivity contribution in [1.82, 2.24) is 0 Å². The van der Waals surface area contributed by atoms with Gasteiger partial charge in [0.05, 0.1) is 30.9 Å². The molecule has 0 unspecified atom stereocenters. The number of amides is 2. The number of hydrogen-bond donors (Lipinski definition) is 0. The van der Waals surface area contributed by atoms with Gasteiger partial charge < -0.3 is 4.74 Å².